The lowest BCUT2D eigenvalue weighted by Gasteiger charge is -2.20. The maximum absolute atomic E-state index is 12.6. The second-order valence-electron chi connectivity index (χ2n) is 14.6. The van der Waals surface area contributed by atoms with Crippen LogP contribution in [0.2, 0.25) is 0 Å². The largest absolute Gasteiger partial charge is 0.472 e. The third kappa shape index (κ3) is 42.0. The van der Waals surface area contributed by atoms with Gasteiger partial charge in [0.15, 0.2) is 6.10 Å². The van der Waals surface area contributed by atoms with Crippen molar-refractivity contribution in [1.82, 2.24) is 0 Å². The van der Waals surface area contributed by atoms with E-state index in [1.807, 2.05) is 54.7 Å². The fraction of sp³-hybridized carbons (Fsp3) is 0.674. The van der Waals surface area contributed by atoms with E-state index in [1.54, 1.807) is 6.08 Å². The highest BCUT2D eigenvalue weighted by Gasteiger charge is 2.28. The first-order chi connectivity index (χ1) is 28.1. The van der Waals surface area contributed by atoms with Gasteiger partial charge in [-0.15, -0.1) is 0 Å². The monoisotopic (exact) mass is 876 g/mol. The summed E-state index contributed by atoms with van der Waals surface area (Å²) in [7, 11) is -9.72. The molecule has 2 unspecified atom stereocenters. The number of esters is 2. The van der Waals surface area contributed by atoms with Gasteiger partial charge < -0.3 is 34.4 Å². The lowest BCUT2D eigenvalue weighted by Crippen LogP contribution is -2.29. The average Bonchev–Trinajstić information content (AvgIpc) is 3.17. The van der Waals surface area contributed by atoms with Gasteiger partial charge in [-0.25, -0.2) is 9.13 Å². The second kappa shape index (κ2) is 37.3. The Morgan fingerprint density at radius 1 is 0.610 bits per heavy atom. The summed E-state index contributed by atoms with van der Waals surface area (Å²) in [6.07, 6.45) is 35.3. The highest BCUT2D eigenvalue weighted by Crippen LogP contribution is 2.43. The fourth-order valence-corrected chi connectivity index (χ4v) is 6.33. The van der Waals surface area contributed by atoms with E-state index in [9.17, 15) is 33.8 Å². The van der Waals surface area contributed by atoms with Crippen LogP contribution in [0, 0.1) is 5.92 Å². The van der Waals surface area contributed by atoms with Crippen molar-refractivity contribution in [3.63, 3.8) is 0 Å². The van der Waals surface area contributed by atoms with E-state index in [0.29, 0.717) is 32.1 Å². The molecule has 4 atom stereocenters. The summed E-state index contributed by atoms with van der Waals surface area (Å²) >= 11 is 0. The molecule has 0 bridgehead atoms. The second-order valence-corrected chi connectivity index (χ2v) is 17.3. The molecule has 5 N–H and O–H groups in total. The van der Waals surface area contributed by atoms with Crippen molar-refractivity contribution in [3.05, 3.63) is 72.9 Å². The van der Waals surface area contributed by atoms with Gasteiger partial charge in [0.1, 0.15) is 12.7 Å². The first-order valence-corrected chi connectivity index (χ1v) is 24.1. The molecule has 0 aliphatic rings. The molecule has 340 valence electrons. The quantitative estimate of drug-likeness (QED) is 0.0128. The number of unbranched alkanes of at least 4 members (excludes halogenated alkanes) is 8. The first kappa shape index (κ1) is 56.5. The van der Waals surface area contributed by atoms with Crippen LogP contribution in [0.4, 0.5) is 0 Å². The molecule has 0 amide bonds. The Bertz CT molecular complexity index is 1350. The number of aliphatic hydroxyl groups excluding tert-OH is 2. The van der Waals surface area contributed by atoms with Gasteiger partial charge in [-0.05, 0) is 50.9 Å². The first-order valence-electron chi connectivity index (χ1n) is 21.1. The topological polar surface area (TPSA) is 216 Å². The van der Waals surface area contributed by atoms with E-state index >= 15 is 0 Å². The highest BCUT2D eigenvalue weighted by atomic mass is 31.2. The number of ether oxygens (including phenoxy) is 2. The van der Waals surface area contributed by atoms with E-state index in [-0.39, 0.29) is 12.8 Å². The van der Waals surface area contributed by atoms with Gasteiger partial charge in [-0.3, -0.25) is 23.2 Å². The van der Waals surface area contributed by atoms with Gasteiger partial charge in [0, 0.05) is 12.8 Å². The van der Waals surface area contributed by atoms with Crippen LogP contribution in [0.3, 0.4) is 0 Å². The van der Waals surface area contributed by atoms with Crippen LogP contribution in [0.15, 0.2) is 72.9 Å². The number of carbonyl (C=O) groups is 2. The Morgan fingerprint density at radius 2 is 1.17 bits per heavy atom. The van der Waals surface area contributed by atoms with Crippen molar-refractivity contribution < 1.29 is 66.7 Å². The van der Waals surface area contributed by atoms with Crippen molar-refractivity contribution in [2.45, 2.75) is 155 Å². The summed E-state index contributed by atoms with van der Waals surface area (Å²) in [6, 6.07) is 0. The van der Waals surface area contributed by atoms with Crippen LogP contribution >= 0.6 is 15.6 Å². The van der Waals surface area contributed by atoms with Crippen LogP contribution in [0.25, 0.3) is 0 Å². The zero-order chi connectivity index (χ0) is 44.0. The Hall–Kier alpha value is -2.48. The molecule has 0 aromatic heterocycles. The number of carbonyl (C=O) groups excluding carboxylic acids is 2. The summed E-state index contributed by atoms with van der Waals surface area (Å²) in [4.78, 5) is 52.6. The van der Waals surface area contributed by atoms with Crippen molar-refractivity contribution in [2.24, 2.45) is 5.92 Å². The maximum atomic E-state index is 12.6. The molecule has 0 fully saturated rings. The minimum absolute atomic E-state index is 0.0196. The molecule has 0 aromatic carbocycles. The van der Waals surface area contributed by atoms with E-state index < -0.39 is 72.3 Å². The van der Waals surface area contributed by atoms with Gasteiger partial charge >= 0.3 is 27.6 Å². The van der Waals surface area contributed by atoms with Gasteiger partial charge in [-0.1, -0.05) is 151 Å². The van der Waals surface area contributed by atoms with Crippen LogP contribution in [0.1, 0.15) is 136 Å². The molecule has 0 aromatic rings. The van der Waals surface area contributed by atoms with Gasteiger partial charge in [0.2, 0.25) is 0 Å². The van der Waals surface area contributed by atoms with Crippen LogP contribution in [-0.4, -0.2) is 81.6 Å². The SMILES string of the molecule is CC/C=C\C/C=C\CC(O)/C=C/C=C\C/C=C\C/C=C\CCC(=O)O[C@H](COC(=O)CCCCCCCCCCCC(C)C)COP(=O)(O)OC[C@@H](O)COP(=O)(O)O. The summed E-state index contributed by atoms with van der Waals surface area (Å²) in [6.45, 7) is 3.73. The molecule has 0 heterocycles. The summed E-state index contributed by atoms with van der Waals surface area (Å²) in [5.74, 6) is -0.416. The normalized spacial score (nSPS) is 15.4. The summed E-state index contributed by atoms with van der Waals surface area (Å²) in [5, 5.41) is 19.7. The Balaban J connectivity index is 4.73. The van der Waals surface area contributed by atoms with Crippen LogP contribution < -0.4 is 0 Å². The molecule has 0 aliphatic heterocycles. The van der Waals surface area contributed by atoms with Crippen molar-refractivity contribution in [2.75, 3.05) is 26.4 Å². The highest BCUT2D eigenvalue weighted by molar-refractivity contribution is 7.47. The Morgan fingerprint density at radius 3 is 1.81 bits per heavy atom. The van der Waals surface area contributed by atoms with Gasteiger partial charge in [-0.2, -0.15) is 0 Å². The molecule has 0 saturated carbocycles. The minimum atomic E-state index is -4.88. The van der Waals surface area contributed by atoms with E-state index in [1.165, 1.54) is 38.5 Å². The predicted octanol–water partition coefficient (Wildman–Crippen LogP) is 9.44. The number of rotatable bonds is 38. The molecule has 0 saturated heterocycles. The van der Waals surface area contributed by atoms with E-state index in [0.717, 1.165) is 38.0 Å². The zero-order valence-corrected chi connectivity index (χ0v) is 37.4. The summed E-state index contributed by atoms with van der Waals surface area (Å²) < 4.78 is 47.6. The van der Waals surface area contributed by atoms with E-state index in [4.69, 9.17) is 23.8 Å². The van der Waals surface area contributed by atoms with E-state index in [2.05, 4.69) is 42.0 Å². The van der Waals surface area contributed by atoms with Gasteiger partial charge in [0.25, 0.3) is 0 Å². The molecule has 0 spiro atoms. The average molecular weight is 877 g/mol. The molecule has 0 radical (unpaired) electrons. The molecule has 0 aliphatic carbocycles. The zero-order valence-electron chi connectivity index (χ0n) is 35.6. The van der Waals surface area contributed by atoms with Crippen molar-refractivity contribution in [3.8, 4) is 0 Å². The number of phosphoric ester groups is 2. The lowest BCUT2D eigenvalue weighted by molar-refractivity contribution is -0.161. The van der Waals surface area contributed by atoms with Crippen molar-refractivity contribution >= 4 is 27.6 Å². The number of phosphoric acid groups is 2. The molecule has 59 heavy (non-hydrogen) atoms. The number of hydrogen-bond donors (Lipinski definition) is 5. The van der Waals surface area contributed by atoms with Crippen molar-refractivity contribution in [1.29, 1.82) is 0 Å². The third-order valence-electron chi connectivity index (χ3n) is 8.37. The fourth-order valence-electron chi connectivity index (χ4n) is 5.17. The maximum Gasteiger partial charge on any atom is 0.472 e. The molecular weight excluding hydrogens is 802 g/mol. The number of hydrogen-bond acceptors (Lipinski definition) is 11. The molecule has 16 heteroatoms. The smallest absolute Gasteiger partial charge is 0.462 e. The predicted molar refractivity (Wildman–Crippen MR) is 231 cm³/mol. The molecular formula is C43H74O14P2. The minimum Gasteiger partial charge on any atom is -0.462 e. The summed E-state index contributed by atoms with van der Waals surface area (Å²) in [5.41, 5.74) is 0. The Kier molecular flexibility index (Phi) is 35.7. The van der Waals surface area contributed by atoms with Gasteiger partial charge in [0.05, 0.1) is 25.9 Å². The standard InChI is InChI=1S/C43H74O14P2/c1-4-5-6-7-20-25-30-39(44)31-26-21-16-12-8-9-13-18-23-28-33-43(47)57-41(37-56-59(51,52)55-35-40(45)34-54-58(48,49)50)36-53-42(46)32-27-22-17-14-10-11-15-19-24-29-38(2)3/h5-6,8-9,16,18,20-21,23,25-26,31,38-41,44-45H,4,7,10-15,17,19,22,24,27-30,32-37H2,1-3H3,(H,51,52)(H2,48,49,50)/b6-5-,9-8-,21-16-,23-18-,25-20-,31-26+/t39?,40-,41+/m0/s1. The Labute approximate surface area is 353 Å². The molecule has 14 nitrogen and oxygen atoms in total. The number of aliphatic hydroxyl groups is 2. The third-order valence-corrected chi connectivity index (χ3v) is 9.81. The van der Waals surface area contributed by atoms with Crippen LogP contribution in [0.5, 0.6) is 0 Å². The number of allylic oxidation sites excluding steroid dienone is 10. The van der Waals surface area contributed by atoms with Crippen LogP contribution in [-0.2, 0) is 41.8 Å². The molecule has 0 rings (SSSR count). The lowest BCUT2D eigenvalue weighted by atomic mass is 10.0.